The first-order valence-corrected chi connectivity index (χ1v) is 13.1. The van der Waals surface area contributed by atoms with Gasteiger partial charge < -0.3 is 25.2 Å². The highest BCUT2D eigenvalue weighted by Gasteiger charge is 2.55. The van der Waals surface area contributed by atoms with Crippen LogP contribution >= 0.6 is 11.8 Å². The van der Waals surface area contributed by atoms with Crippen LogP contribution in [0.2, 0.25) is 0 Å². The molecule has 1 fully saturated rings. The van der Waals surface area contributed by atoms with E-state index >= 15 is 0 Å². The monoisotopic (exact) mass is 540 g/mol. The van der Waals surface area contributed by atoms with Crippen LogP contribution in [-0.2, 0) is 24.1 Å². The molecule has 37 heavy (non-hydrogen) atoms. The summed E-state index contributed by atoms with van der Waals surface area (Å²) in [7, 11) is 0. The number of benzene rings is 2. The van der Waals surface area contributed by atoms with Crippen LogP contribution in [0.25, 0.3) is 0 Å². The molecule has 1 saturated heterocycles. The highest BCUT2D eigenvalue weighted by molar-refractivity contribution is 8.00. The molecule has 0 amide bonds. The van der Waals surface area contributed by atoms with Crippen molar-refractivity contribution in [3.8, 4) is 0 Å². The smallest absolute Gasteiger partial charge is 0.411 e. The van der Waals surface area contributed by atoms with Gasteiger partial charge in [0, 0.05) is 0 Å². The second-order valence-corrected chi connectivity index (χ2v) is 10.6. The summed E-state index contributed by atoms with van der Waals surface area (Å²) in [5.74, 6) is -1.43. The maximum atomic E-state index is 14.5. The minimum absolute atomic E-state index is 0.0135. The standard InChI is InChI=1S/C26H31F3N2O5S/c1-2-15-8-10-16(11-9-15)12-18-23(26(27,28)29)31(13-17-6-4-3-5-7-17)30-24(18)36-25-22(35)21(34)20(33)19(14-32)37-25/h3-11,18-23,25,32-35H,2,12-14H2,1H3/t18?,19-,20-,21+,22-,23?,25-/m1/s1. The van der Waals surface area contributed by atoms with Crippen LogP contribution in [0.15, 0.2) is 59.7 Å². The number of hydrogen-bond acceptors (Lipinski definition) is 8. The quantitative estimate of drug-likeness (QED) is 0.428. The Labute approximate surface area is 217 Å². The van der Waals surface area contributed by atoms with Gasteiger partial charge in [-0.25, -0.2) is 0 Å². The molecule has 4 N–H and O–H groups in total. The highest BCUT2D eigenvalue weighted by atomic mass is 32.2. The third-order valence-electron chi connectivity index (χ3n) is 6.74. The number of aryl methyl sites for hydroxylation is 1. The number of rotatable bonds is 7. The Morgan fingerprint density at radius 1 is 0.919 bits per heavy atom. The van der Waals surface area contributed by atoms with Crippen LogP contribution in [0.1, 0.15) is 23.6 Å². The topological polar surface area (TPSA) is 106 Å². The average Bonchev–Trinajstić information content (AvgIpc) is 3.21. The Kier molecular flexibility index (Phi) is 8.70. The van der Waals surface area contributed by atoms with Crippen molar-refractivity contribution in [1.29, 1.82) is 0 Å². The third-order valence-corrected chi connectivity index (χ3v) is 8.16. The SMILES string of the molecule is CCc1ccc(CC2C(O[C@@H]3S[C@H](CO)[C@@H](O)[C@H](O)[C@H]3O)=NN(Cc3ccccc3)C2C(F)(F)F)cc1. The summed E-state index contributed by atoms with van der Waals surface area (Å²) in [6.07, 6.45) is -8.50. The summed E-state index contributed by atoms with van der Waals surface area (Å²) in [6, 6.07) is 14.0. The molecule has 2 aliphatic rings. The first kappa shape index (κ1) is 27.7. The number of ether oxygens (including phenoxy) is 1. The van der Waals surface area contributed by atoms with Crippen LogP contribution < -0.4 is 0 Å². The number of alkyl halides is 3. The number of hydrazone groups is 1. The minimum atomic E-state index is -4.64. The Bertz CT molecular complexity index is 1050. The van der Waals surface area contributed by atoms with E-state index in [1.54, 1.807) is 42.5 Å². The molecule has 2 heterocycles. The zero-order valence-electron chi connectivity index (χ0n) is 20.2. The molecule has 2 aromatic rings. The number of halogens is 3. The zero-order valence-corrected chi connectivity index (χ0v) is 21.0. The molecular formula is C26H31F3N2O5S. The number of aliphatic hydroxyl groups excluding tert-OH is 4. The van der Waals surface area contributed by atoms with Gasteiger partial charge in [0.2, 0.25) is 5.90 Å². The predicted octanol–water partition coefficient (Wildman–Crippen LogP) is 2.70. The molecule has 0 aliphatic carbocycles. The van der Waals surface area contributed by atoms with Crippen LogP contribution in [-0.4, -0.2) is 79.2 Å². The summed E-state index contributed by atoms with van der Waals surface area (Å²) in [4.78, 5) is 0. The second kappa shape index (κ2) is 11.6. The molecule has 0 radical (unpaired) electrons. The molecule has 2 aromatic carbocycles. The summed E-state index contributed by atoms with van der Waals surface area (Å²) in [5.41, 5.74) is 1.14. The Balaban J connectivity index is 1.67. The van der Waals surface area contributed by atoms with Gasteiger partial charge in [0.25, 0.3) is 0 Å². The lowest BCUT2D eigenvalue weighted by Gasteiger charge is -2.39. The number of hydrogen-bond donors (Lipinski definition) is 4. The normalized spacial score (nSPS) is 30.3. The van der Waals surface area contributed by atoms with Gasteiger partial charge in [-0.1, -0.05) is 61.5 Å². The predicted molar refractivity (Wildman–Crippen MR) is 134 cm³/mol. The van der Waals surface area contributed by atoms with Crippen LogP contribution in [0.5, 0.6) is 0 Å². The van der Waals surface area contributed by atoms with Crippen molar-refractivity contribution in [2.45, 2.75) is 67.5 Å². The summed E-state index contributed by atoms with van der Waals surface area (Å²) in [6.45, 7) is 1.37. The van der Waals surface area contributed by atoms with Gasteiger partial charge >= 0.3 is 6.18 Å². The fraction of sp³-hybridized carbons (Fsp3) is 0.500. The maximum Gasteiger partial charge on any atom is 0.411 e. The number of nitrogens with zero attached hydrogens (tertiary/aromatic N) is 2. The van der Waals surface area contributed by atoms with Gasteiger partial charge in [-0.2, -0.15) is 13.2 Å². The summed E-state index contributed by atoms with van der Waals surface area (Å²) in [5, 5.41) is 44.7. The van der Waals surface area contributed by atoms with Gasteiger partial charge in [-0.3, -0.25) is 5.01 Å². The van der Waals surface area contributed by atoms with E-state index in [0.717, 1.165) is 28.8 Å². The fourth-order valence-corrected chi connectivity index (χ4v) is 5.89. The Morgan fingerprint density at radius 3 is 2.16 bits per heavy atom. The summed E-state index contributed by atoms with van der Waals surface area (Å²) < 4.78 is 49.4. The fourth-order valence-electron chi connectivity index (χ4n) is 4.67. The summed E-state index contributed by atoms with van der Waals surface area (Å²) >= 11 is 0.853. The molecule has 4 rings (SSSR count). The van der Waals surface area contributed by atoms with Crippen molar-refractivity contribution in [2.24, 2.45) is 11.0 Å². The van der Waals surface area contributed by atoms with Crippen LogP contribution in [0.3, 0.4) is 0 Å². The molecule has 7 nitrogen and oxygen atoms in total. The molecular weight excluding hydrogens is 509 g/mol. The van der Waals surface area contributed by atoms with E-state index in [9.17, 15) is 33.6 Å². The lowest BCUT2D eigenvalue weighted by molar-refractivity contribution is -0.189. The van der Waals surface area contributed by atoms with E-state index in [2.05, 4.69) is 5.10 Å². The van der Waals surface area contributed by atoms with Crippen molar-refractivity contribution < 1.29 is 38.3 Å². The van der Waals surface area contributed by atoms with Crippen molar-refractivity contribution in [2.75, 3.05) is 6.61 Å². The molecule has 11 heteroatoms. The average molecular weight is 541 g/mol. The lowest BCUT2D eigenvalue weighted by Crippen LogP contribution is -2.55. The minimum Gasteiger partial charge on any atom is -0.462 e. The van der Waals surface area contributed by atoms with Crippen molar-refractivity contribution in [1.82, 2.24) is 5.01 Å². The van der Waals surface area contributed by atoms with Gasteiger partial charge in [0.05, 0.1) is 30.4 Å². The van der Waals surface area contributed by atoms with Gasteiger partial charge in [0.1, 0.15) is 12.2 Å². The van der Waals surface area contributed by atoms with Gasteiger partial charge in [-0.15, -0.1) is 16.9 Å². The number of aliphatic hydroxyl groups is 4. The Morgan fingerprint density at radius 2 is 1.57 bits per heavy atom. The maximum absolute atomic E-state index is 14.5. The van der Waals surface area contributed by atoms with Crippen molar-refractivity contribution in [3.05, 3.63) is 71.3 Å². The third kappa shape index (κ3) is 6.23. The molecule has 2 unspecified atom stereocenters. The van der Waals surface area contributed by atoms with Gasteiger partial charge in [0.15, 0.2) is 11.5 Å². The molecule has 0 saturated carbocycles. The van der Waals surface area contributed by atoms with E-state index in [4.69, 9.17) is 4.74 Å². The van der Waals surface area contributed by atoms with Crippen molar-refractivity contribution in [3.63, 3.8) is 0 Å². The Hall–Kier alpha value is -2.31. The number of thioether (sulfide) groups is 1. The molecule has 202 valence electrons. The van der Waals surface area contributed by atoms with E-state index in [-0.39, 0.29) is 18.9 Å². The van der Waals surface area contributed by atoms with E-state index in [0.29, 0.717) is 11.1 Å². The highest BCUT2D eigenvalue weighted by Crippen LogP contribution is 2.41. The van der Waals surface area contributed by atoms with E-state index in [1.807, 2.05) is 19.1 Å². The molecule has 0 aromatic heterocycles. The van der Waals surface area contributed by atoms with Crippen LogP contribution in [0, 0.1) is 5.92 Å². The first-order chi connectivity index (χ1) is 17.6. The van der Waals surface area contributed by atoms with Crippen LogP contribution in [0.4, 0.5) is 13.2 Å². The largest absolute Gasteiger partial charge is 0.462 e. The van der Waals surface area contributed by atoms with E-state index < -0.39 is 53.7 Å². The zero-order chi connectivity index (χ0) is 26.7. The van der Waals surface area contributed by atoms with Crippen molar-refractivity contribution >= 4 is 17.7 Å². The molecule has 0 spiro atoms. The first-order valence-electron chi connectivity index (χ1n) is 12.1. The van der Waals surface area contributed by atoms with E-state index in [1.165, 1.54) is 0 Å². The second-order valence-electron chi connectivity index (χ2n) is 9.30. The lowest BCUT2D eigenvalue weighted by atomic mass is 9.91. The van der Waals surface area contributed by atoms with Gasteiger partial charge in [-0.05, 0) is 29.5 Å². The molecule has 7 atom stereocenters. The molecule has 0 bridgehead atoms. The molecule has 2 aliphatic heterocycles.